The van der Waals surface area contributed by atoms with Crippen molar-refractivity contribution in [3.63, 3.8) is 0 Å². The lowest BCUT2D eigenvalue weighted by molar-refractivity contribution is -0.123. The first kappa shape index (κ1) is 24.8. The van der Waals surface area contributed by atoms with Crippen molar-refractivity contribution in [2.45, 2.75) is 48.5 Å². The van der Waals surface area contributed by atoms with Gasteiger partial charge in [-0.25, -0.2) is 0 Å². The molecule has 0 atom stereocenters. The topological polar surface area (TPSA) is 104 Å². The van der Waals surface area contributed by atoms with Gasteiger partial charge in [0.15, 0.2) is 5.78 Å². The lowest BCUT2D eigenvalue weighted by Crippen LogP contribution is -2.29. The second-order valence-electron chi connectivity index (χ2n) is 9.80. The largest absolute Gasteiger partial charge is 0.326 e. The highest BCUT2D eigenvalue weighted by molar-refractivity contribution is 6.08. The molecule has 0 aliphatic heterocycles. The van der Waals surface area contributed by atoms with Crippen LogP contribution in [0.2, 0.25) is 0 Å². The number of Topliss-reactive ketones (excluding diaryl/α,β-unsaturated/α-hetero) is 1. The lowest BCUT2D eigenvalue weighted by atomic mass is 9.95. The van der Waals surface area contributed by atoms with E-state index < -0.39 is 16.7 Å². The minimum atomic E-state index is -0.639. The van der Waals surface area contributed by atoms with Gasteiger partial charge in [0, 0.05) is 39.0 Å². The fourth-order valence-corrected chi connectivity index (χ4v) is 2.56. The van der Waals surface area contributed by atoms with Crippen LogP contribution < -0.4 is 16.0 Å². The van der Waals surface area contributed by atoms with Gasteiger partial charge in [0.1, 0.15) is 0 Å². The van der Waals surface area contributed by atoms with Crippen LogP contribution in [-0.4, -0.2) is 23.5 Å². The van der Waals surface area contributed by atoms with E-state index in [0.29, 0.717) is 22.6 Å². The summed E-state index contributed by atoms with van der Waals surface area (Å²) >= 11 is 0. The van der Waals surface area contributed by atoms with Crippen molar-refractivity contribution >= 4 is 40.6 Å². The minimum Gasteiger partial charge on any atom is -0.326 e. The van der Waals surface area contributed by atoms with Gasteiger partial charge in [-0.3, -0.25) is 19.2 Å². The van der Waals surface area contributed by atoms with Crippen LogP contribution in [0.3, 0.4) is 0 Å². The first-order valence-electron chi connectivity index (χ1n) is 10.4. The molecule has 2 rings (SSSR count). The zero-order chi connectivity index (χ0) is 24.3. The maximum absolute atomic E-state index is 12.9. The predicted molar refractivity (Wildman–Crippen MR) is 127 cm³/mol. The summed E-state index contributed by atoms with van der Waals surface area (Å²) in [7, 11) is 0. The SMILES string of the molecule is CC(=O)c1cccc(NC(=O)c2cc(NC(=O)C(C)(C)C)cc(NC(=O)C(C)(C)C)c2)c1. The molecule has 2 aromatic rings. The van der Waals surface area contributed by atoms with Crippen molar-refractivity contribution in [1.82, 2.24) is 0 Å². The fraction of sp³-hybridized carbons (Fsp3) is 0.360. The van der Waals surface area contributed by atoms with Crippen LogP contribution >= 0.6 is 0 Å². The van der Waals surface area contributed by atoms with Crippen molar-refractivity contribution in [3.05, 3.63) is 53.6 Å². The number of carbonyl (C=O) groups is 4. The molecular weight excluding hydrogens is 406 g/mol. The Bertz CT molecular complexity index is 1010. The molecule has 32 heavy (non-hydrogen) atoms. The van der Waals surface area contributed by atoms with Gasteiger partial charge in [0.25, 0.3) is 5.91 Å². The van der Waals surface area contributed by atoms with Gasteiger partial charge in [-0.05, 0) is 37.3 Å². The molecular formula is C25H31N3O4. The molecule has 0 spiro atoms. The van der Waals surface area contributed by atoms with E-state index in [4.69, 9.17) is 0 Å². The molecule has 0 aliphatic rings. The van der Waals surface area contributed by atoms with Crippen molar-refractivity contribution in [1.29, 1.82) is 0 Å². The Labute approximate surface area is 189 Å². The molecule has 2 aromatic carbocycles. The van der Waals surface area contributed by atoms with E-state index >= 15 is 0 Å². The Morgan fingerprint density at radius 2 is 1.09 bits per heavy atom. The van der Waals surface area contributed by atoms with E-state index in [2.05, 4.69) is 16.0 Å². The number of hydrogen-bond donors (Lipinski definition) is 3. The van der Waals surface area contributed by atoms with Gasteiger partial charge in [-0.15, -0.1) is 0 Å². The van der Waals surface area contributed by atoms with Crippen LogP contribution in [0.5, 0.6) is 0 Å². The number of anilines is 3. The molecule has 3 amide bonds. The highest BCUT2D eigenvalue weighted by atomic mass is 16.2. The first-order chi connectivity index (χ1) is 14.7. The van der Waals surface area contributed by atoms with Gasteiger partial charge in [0.05, 0.1) is 0 Å². The zero-order valence-corrected chi connectivity index (χ0v) is 19.7. The van der Waals surface area contributed by atoms with Gasteiger partial charge < -0.3 is 16.0 Å². The van der Waals surface area contributed by atoms with Crippen LogP contribution in [-0.2, 0) is 9.59 Å². The molecule has 3 N–H and O–H groups in total. The Kier molecular flexibility index (Phi) is 7.24. The fourth-order valence-electron chi connectivity index (χ4n) is 2.56. The van der Waals surface area contributed by atoms with E-state index in [1.165, 1.54) is 6.92 Å². The molecule has 0 fully saturated rings. The number of nitrogens with one attached hydrogen (secondary N) is 3. The number of amides is 3. The summed E-state index contributed by atoms with van der Waals surface area (Å²) in [6, 6.07) is 11.3. The van der Waals surface area contributed by atoms with Crippen molar-refractivity contribution in [2.24, 2.45) is 10.8 Å². The monoisotopic (exact) mass is 437 g/mol. The Hall–Kier alpha value is -3.48. The van der Waals surface area contributed by atoms with Crippen LogP contribution in [0.15, 0.2) is 42.5 Å². The third-order valence-electron chi connectivity index (χ3n) is 4.60. The normalized spacial score (nSPS) is 11.5. The van der Waals surface area contributed by atoms with E-state index in [-0.39, 0.29) is 23.2 Å². The first-order valence-corrected chi connectivity index (χ1v) is 10.4. The number of benzene rings is 2. The zero-order valence-electron chi connectivity index (χ0n) is 19.7. The van der Waals surface area contributed by atoms with E-state index in [1.54, 1.807) is 84.0 Å². The quantitative estimate of drug-likeness (QED) is 0.565. The second kappa shape index (κ2) is 9.34. The smallest absolute Gasteiger partial charge is 0.255 e. The number of ketones is 1. The molecule has 7 nitrogen and oxygen atoms in total. The molecule has 0 saturated carbocycles. The second-order valence-corrected chi connectivity index (χ2v) is 9.80. The average molecular weight is 438 g/mol. The number of hydrogen-bond acceptors (Lipinski definition) is 4. The Balaban J connectivity index is 2.39. The van der Waals surface area contributed by atoms with Crippen molar-refractivity contribution < 1.29 is 19.2 Å². The molecule has 170 valence electrons. The minimum absolute atomic E-state index is 0.111. The summed E-state index contributed by atoms with van der Waals surface area (Å²) in [4.78, 5) is 49.5. The average Bonchev–Trinajstić information content (AvgIpc) is 2.66. The molecule has 0 saturated heterocycles. The third kappa shape index (κ3) is 6.77. The maximum atomic E-state index is 12.9. The Morgan fingerprint density at radius 1 is 0.625 bits per heavy atom. The summed E-state index contributed by atoms with van der Waals surface area (Å²) in [5.41, 5.74) is 0.687. The van der Waals surface area contributed by atoms with Crippen molar-refractivity contribution in [2.75, 3.05) is 16.0 Å². The summed E-state index contributed by atoms with van der Waals surface area (Å²) in [5.74, 6) is -1.00. The van der Waals surface area contributed by atoms with Gasteiger partial charge >= 0.3 is 0 Å². The molecule has 0 radical (unpaired) electrons. The Morgan fingerprint density at radius 3 is 1.53 bits per heavy atom. The van der Waals surface area contributed by atoms with Gasteiger partial charge in [0.2, 0.25) is 11.8 Å². The molecule has 7 heteroatoms. The lowest BCUT2D eigenvalue weighted by Gasteiger charge is -2.20. The van der Waals surface area contributed by atoms with Crippen LogP contribution in [0.25, 0.3) is 0 Å². The summed E-state index contributed by atoms with van der Waals surface area (Å²) in [5, 5.41) is 8.36. The number of rotatable bonds is 5. The number of carbonyl (C=O) groups excluding carboxylic acids is 4. The van der Waals surface area contributed by atoms with E-state index in [0.717, 1.165) is 0 Å². The molecule has 0 aromatic heterocycles. The van der Waals surface area contributed by atoms with Gasteiger partial charge in [-0.2, -0.15) is 0 Å². The maximum Gasteiger partial charge on any atom is 0.255 e. The highest BCUT2D eigenvalue weighted by Gasteiger charge is 2.24. The highest BCUT2D eigenvalue weighted by Crippen LogP contribution is 2.25. The van der Waals surface area contributed by atoms with Gasteiger partial charge in [-0.1, -0.05) is 53.7 Å². The van der Waals surface area contributed by atoms with Crippen LogP contribution in [0.4, 0.5) is 17.1 Å². The summed E-state index contributed by atoms with van der Waals surface area (Å²) in [6.45, 7) is 12.1. The standard InChI is InChI=1S/C25H31N3O4/c1-15(29)16-9-8-10-18(11-16)26-21(30)17-12-19(27-22(31)24(2,3)4)14-20(13-17)28-23(32)25(5,6)7/h8-14H,1-7H3,(H,26,30)(H,27,31)(H,28,32). The molecule has 0 unspecified atom stereocenters. The predicted octanol–water partition coefficient (Wildman–Crippen LogP) is 5.11. The van der Waals surface area contributed by atoms with Crippen molar-refractivity contribution in [3.8, 4) is 0 Å². The summed E-state index contributed by atoms with van der Waals surface area (Å²) < 4.78 is 0. The van der Waals surface area contributed by atoms with Crippen LogP contribution in [0, 0.1) is 10.8 Å². The van der Waals surface area contributed by atoms with E-state index in [1.807, 2.05) is 0 Å². The van der Waals surface area contributed by atoms with E-state index in [9.17, 15) is 19.2 Å². The molecule has 0 bridgehead atoms. The third-order valence-corrected chi connectivity index (χ3v) is 4.60. The van der Waals surface area contributed by atoms with Crippen LogP contribution in [0.1, 0.15) is 69.2 Å². The molecule has 0 aliphatic carbocycles. The molecule has 0 heterocycles. The summed E-state index contributed by atoms with van der Waals surface area (Å²) in [6.07, 6.45) is 0.